The lowest BCUT2D eigenvalue weighted by atomic mass is 10.3. The Kier molecular flexibility index (Phi) is 4.89. The van der Waals surface area contributed by atoms with Crippen LogP contribution >= 0.6 is 0 Å². The second-order valence-electron chi connectivity index (χ2n) is 5.17. The van der Waals surface area contributed by atoms with E-state index in [-0.39, 0.29) is 5.91 Å². The number of ether oxygens (including phenoxy) is 2. The molecule has 3 rings (SSSR count). The minimum atomic E-state index is -0.517. The van der Waals surface area contributed by atoms with Crippen LogP contribution in [0.25, 0.3) is 0 Å². The molecule has 0 aliphatic heterocycles. The topological polar surface area (TPSA) is 91.2 Å². The summed E-state index contributed by atoms with van der Waals surface area (Å²) in [7, 11) is 1.60. The standard InChI is InChI=1S/C17H17N5O3/c1-12(22-11-18-10-20-22)16(23)21-15-4-3-9-19-17(15)25-14-7-5-13(24-2)6-8-14/h3-12H,1-2H3,(H,21,23)/t12-/m0/s1. The Labute approximate surface area is 144 Å². The summed E-state index contributed by atoms with van der Waals surface area (Å²) in [4.78, 5) is 20.4. The average molecular weight is 339 g/mol. The van der Waals surface area contributed by atoms with Crippen LogP contribution < -0.4 is 14.8 Å². The third kappa shape index (κ3) is 3.92. The maximum Gasteiger partial charge on any atom is 0.249 e. The first-order valence-electron chi connectivity index (χ1n) is 7.59. The summed E-state index contributed by atoms with van der Waals surface area (Å²) in [5.74, 6) is 1.35. The van der Waals surface area contributed by atoms with Gasteiger partial charge in [-0.05, 0) is 43.3 Å². The molecule has 1 N–H and O–H groups in total. The van der Waals surface area contributed by atoms with Crippen molar-refractivity contribution in [1.29, 1.82) is 0 Å². The van der Waals surface area contributed by atoms with Crippen molar-refractivity contribution in [2.75, 3.05) is 12.4 Å². The number of anilines is 1. The van der Waals surface area contributed by atoms with Crippen LogP contribution in [0.3, 0.4) is 0 Å². The van der Waals surface area contributed by atoms with Gasteiger partial charge in [-0.3, -0.25) is 4.79 Å². The van der Waals surface area contributed by atoms with Crippen LogP contribution in [-0.2, 0) is 4.79 Å². The van der Waals surface area contributed by atoms with Crippen molar-refractivity contribution in [3.63, 3.8) is 0 Å². The Morgan fingerprint density at radius 1 is 1.20 bits per heavy atom. The summed E-state index contributed by atoms with van der Waals surface area (Å²) in [5, 5.41) is 6.77. The number of rotatable bonds is 6. The molecule has 25 heavy (non-hydrogen) atoms. The fourth-order valence-corrected chi connectivity index (χ4v) is 2.10. The molecule has 3 aromatic rings. The smallest absolute Gasteiger partial charge is 0.249 e. The normalized spacial score (nSPS) is 11.6. The van der Waals surface area contributed by atoms with E-state index in [4.69, 9.17) is 9.47 Å². The largest absolute Gasteiger partial charge is 0.497 e. The third-order valence-corrected chi connectivity index (χ3v) is 3.52. The molecule has 8 heteroatoms. The van der Waals surface area contributed by atoms with Crippen molar-refractivity contribution >= 4 is 11.6 Å². The molecule has 0 aliphatic carbocycles. The summed E-state index contributed by atoms with van der Waals surface area (Å²) in [5.41, 5.74) is 0.468. The van der Waals surface area contributed by atoms with E-state index in [1.54, 1.807) is 56.6 Å². The molecular weight excluding hydrogens is 322 g/mol. The minimum absolute atomic E-state index is 0.252. The van der Waals surface area contributed by atoms with Gasteiger partial charge in [-0.2, -0.15) is 5.10 Å². The molecule has 2 aromatic heterocycles. The number of benzene rings is 1. The summed E-state index contributed by atoms with van der Waals surface area (Å²) in [6.07, 6.45) is 4.46. The lowest BCUT2D eigenvalue weighted by Gasteiger charge is -2.14. The fourth-order valence-electron chi connectivity index (χ4n) is 2.10. The van der Waals surface area contributed by atoms with Gasteiger partial charge in [-0.15, -0.1) is 0 Å². The van der Waals surface area contributed by atoms with Crippen molar-refractivity contribution in [1.82, 2.24) is 19.7 Å². The molecular formula is C17H17N5O3. The Balaban J connectivity index is 1.75. The van der Waals surface area contributed by atoms with E-state index >= 15 is 0 Å². The lowest BCUT2D eigenvalue weighted by Crippen LogP contribution is -2.24. The zero-order valence-electron chi connectivity index (χ0n) is 13.8. The van der Waals surface area contributed by atoms with Crippen LogP contribution in [0.5, 0.6) is 17.4 Å². The van der Waals surface area contributed by atoms with Crippen molar-refractivity contribution < 1.29 is 14.3 Å². The quantitative estimate of drug-likeness (QED) is 0.742. The summed E-state index contributed by atoms with van der Waals surface area (Å²) in [6, 6.07) is 10.0. The monoisotopic (exact) mass is 339 g/mol. The first-order valence-corrected chi connectivity index (χ1v) is 7.59. The number of nitrogens with one attached hydrogen (secondary N) is 1. The third-order valence-electron chi connectivity index (χ3n) is 3.52. The van der Waals surface area contributed by atoms with Crippen molar-refractivity contribution in [3.8, 4) is 17.4 Å². The number of amides is 1. The van der Waals surface area contributed by atoms with Crippen LogP contribution in [0.2, 0.25) is 0 Å². The molecule has 0 spiro atoms. The number of pyridine rings is 1. The van der Waals surface area contributed by atoms with Crippen LogP contribution in [0.15, 0.2) is 55.2 Å². The van der Waals surface area contributed by atoms with Gasteiger partial charge in [0.15, 0.2) is 0 Å². The fraction of sp³-hybridized carbons (Fsp3) is 0.176. The van der Waals surface area contributed by atoms with Crippen LogP contribution in [-0.4, -0.2) is 32.8 Å². The van der Waals surface area contributed by atoms with E-state index in [9.17, 15) is 4.79 Å². The molecule has 128 valence electrons. The summed E-state index contributed by atoms with van der Waals surface area (Å²) < 4.78 is 12.3. The highest BCUT2D eigenvalue weighted by atomic mass is 16.5. The molecule has 1 amide bonds. The van der Waals surface area contributed by atoms with Gasteiger partial charge in [0, 0.05) is 6.20 Å². The number of methoxy groups -OCH3 is 1. The van der Waals surface area contributed by atoms with E-state index in [0.717, 1.165) is 5.75 Å². The second kappa shape index (κ2) is 7.43. The van der Waals surface area contributed by atoms with Gasteiger partial charge in [0.25, 0.3) is 0 Å². The molecule has 0 saturated heterocycles. The predicted octanol–water partition coefficient (Wildman–Crippen LogP) is 2.67. The van der Waals surface area contributed by atoms with Crippen LogP contribution in [0, 0.1) is 0 Å². The van der Waals surface area contributed by atoms with E-state index < -0.39 is 6.04 Å². The molecule has 0 unspecified atom stereocenters. The van der Waals surface area contributed by atoms with Crippen molar-refractivity contribution in [2.45, 2.75) is 13.0 Å². The zero-order valence-corrected chi connectivity index (χ0v) is 13.8. The van der Waals surface area contributed by atoms with Crippen LogP contribution in [0.1, 0.15) is 13.0 Å². The second-order valence-corrected chi connectivity index (χ2v) is 5.17. The number of hydrogen-bond donors (Lipinski definition) is 1. The number of hydrogen-bond acceptors (Lipinski definition) is 6. The van der Waals surface area contributed by atoms with E-state index in [1.165, 1.54) is 17.3 Å². The minimum Gasteiger partial charge on any atom is -0.497 e. The van der Waals surface area contributed by atoms with Gasteiger partial charge in [-0.1, -0.05) is 0 Å². The molecule has 1 atom stereocenters. The first kappa shape index (κ1) is 16.4. The Bertz CT molecular complexity index is 834. The Morgan fingerprint density at radius 2 is 1.96 bits per heavy atom. The van der Waals surface area contributed by atoms with E-state index in [0.29, 0.717) is 17.3 Å². The molecule has 0 aliphatic rings. The maximum absolute atomic E-state index is 12.4. The van der Waals surface area contributed by atoms with Gasteiger partial charge >= 0.3 is 0 Å². The van der Waals surface area contributed by atoms with E-state index in [2.05, 4.69) is 20.4 Å². The lowest BCUT2D eigenvalue weighted by molar-refractivity contribution is -0.119. The van der Waals surface area contributed by atoms with Crippen molar-refractivity contribution in [3.05, 3.63) is 55.2 Å². The van der Waals surface area contributed by atoms with Crippen LogP contribution in [0.4, 0.5) is 5.69 Å². The SMILES string of the molecule is COc1ccc(Oc2ncccc2NC(=O)[C@H](C)n2cncn2)cc1. The van der Waals surface area contributed by atoms with Gasteiger partial charge < -0.3 is 14.8 Å². The molecule has 0 fully saturated rings. The van der Waals surface area contributed by atoms with Gasteiger partial charge in [0.2, 0.25) is 11.8 Å². The predicted molar refractivity (Wildman–Crippen MR) is 90.7 cm³/mol. The summed E-state index contributed by atoms with van der Waals surface area (Å²) in [6.45, 7) is 1.73. The molecule has 0 radical (unpaired) electrons. The van der Waals surface area contributed by atoms with Gasteiger partial charge in [-0.25, -0.2) is 14.6 Å². The van der Waals surface area contributed by atoms with Gasteiger partial charge in [0.1, 0.15) is 35.9 Å². The number of aromatic nitrogens is 4. The molecule has 1 aromatic carbocycles. The molecule has 0 bridgehead atoms. The number of carbonyl (C=O) groups excluding carboxylic acids is 1. The van der Waals surface area contributed by atoms with Gasteiger partial charge in [0.05, 0.1) is 7.11 Å². The molecule has 0 saturated carbocycles. The molecule has 8 nitrogen and oxygen atoms in total. The zero-order chi connectivity index (χ0) is 17.6. The Hall–Kier alpha value is -3.42. The molecule has 2 heterocycles. The number of nitrogens with zero attached hydrogens (tertiary/aromatic N) is 4. The summed E-state index contributed by atoms with van der Waals surface area (Å²) >= 11 is 0. The van der Waals surface area contributed by atoms with Crippen molar-refractivity contribution in [2.24, 2.45) is 0 Å². The maximum atomic E-state index is 12.4. The number of carbonyl (C=O) groups is 1. The first-order chi connectivity index (χ1) is 12.2. The van der Waals surface area contributed by atoms with E-state index in [1.807, 2.05) is 0 Å². The average Bonchev–Trinajstić information content (AvgIpc) is 3.18. The Morgan fingerprint density at radius 3 is 2.64 bits per heavy atom. The highest BCUT2D eigenvalue weighted by molar-refractivity contribution is 5.94. The highest BCUT2D eigenvalue weighted by Gasteiger charge is 2.18. The highest BCUT2D eigenvalue weighted by Crippen LogP contribution is 2.28.